The summed E-state index contributed by atoms with van der Waals surface area (Å²) in [6.45, 7) is 0. The summed E-state index contributed by atoms with van der Waals surface area (Å²) in [6.07, 6.45) is 0. The number of hydrogen-bond donors (Lipinski definition) is 1. The summed E-state index contributed by atoms with van der Waals surface area (Å²) in [5.41, 5.74) is 0.890. The molecular formula is C15H12Cl2FNO2. The summed E-state index contributed by atoms with van der Waals surface area (Å²) in [4.78, 5) is 12.0. The van der Waals surface area contributed by atoms with Gasteiger partial charge in [0.15, 0.2) is 6.04 Å². The summed E-state index contributed by atoms with van der Waals surface area (Å²) in [5, 5.41) is 3.47. The van der Waals surface area contributed by atoms with Gasteiger partial charge in [-0.25, -0.2) is 9.18 Å². The van der Waals surface area contributed by atoms with Gasteiger partial charge in [0.2, 0.25) is 0 Å². The van der Waals surface area contributed by atoms with E-state index in [2.05, 4.69) is 5.32 Å². The third-order valence-corrected chi connectivity index (χ3v) is 3.70. The predicted molar refractivity (Wildman–Crippen MR) is 81.2 cm³/mol. The molecule has 0 amide bonds. The second kappa shape index (κ2) is 6.78. The quantitative estimate of drug-likeness (QED) is 0.842. The van der Waals surface area contributed by atoms with Crippen LogP contribution in [0.25, 0.3) is 0 Å². The van der Waals surface area contributed by atoms with Gasteiger partial charge < -0.3 is 10.1 Å². The highest BCUT2D eigenvalue weighted by molar-refractivity contribution is 6.42. The highest BCUT2D eigenvalue weighted by atomic mass is 35.5. The van der Waals surface area contributed by atoms with Crippen molar-refractivity contribution >= 4 is 34.9 Å². The summed E-state index contributed by atoms with van der Waals surface area (Å²) in [5.74, 6) is -0.968. The number of methoxy groups -OCH3 is 1. The molecule has 0 aliphatic carbocycles. The molecule has 0 radical (unpaired) electrons. The van der Waals surface area contributed by atoms with Crippen LogP contribution in [0.3, 0.4) is 0 Å². The molecule has 0 aliphatic rings. The molecule has 0 aliphatic heterocycles. The van der Waals surface area contributed by atoms with Crippen LogP contribution in [0.5, 0.6) is 0 Å². The maximum atomic E-state index is 13.2. The molecule has 0 saturated carbocycles. The Bertz CT molecular complexity index is 664. The van der Waals surface area contributed by atoms with Crippen molar-refractivity contribution in [2.24, 2.45) is 0 Å². The minimum Gasteiger partial charge on any atom is -0.467 e. The van der Waals surface area contributed by atoms with Crippen molar-refractivity contribution in [2.45, 2.75) is 6.04 Å². The van der Waals surface area contributed by atoms with Crippen molar-refractivity contribution in [3.63, 3.8) is 0 Å². The lowest BCUT2D eigenvalue weighted by Gasteiger charge is -2.19. The Morgan fingerprint density at radius 1 is 1.24 bits per heavy atom. The van der Waals surface area contributed by atoms with Gasteiger partial charge in [0.1, 0.15) is 5.82 Å². The van der Waals surface area contributed by atoms with E-state index in [9.17, 15) is 9.18 Å². The highest BCUT2D eigenvalue weighted by Crippen LogP contribution is 2.32. The molecule has 0 fully saturated rings. The molecular weight excluding hydrogens is 316 g/mol. The van der Waals surface area contributed by atoms with Crippen LogP contribution in [0.4, 0.5) is 10.1 Å². The molecule has 1 atom stereocenters. The van der Waals surface area contributed by atoms with Crippen LogP contribution in [-0.2, 0) is 9.53 Å². The molecule has 1 N–H and O–H groups in total. The topological polar surface area (TPSA) is 38.3 Å². The molecule has 21 heavy (non-hydrogen) atoms. The van der Waals surface area contributed by atoms with E-state index in [0.29, 0.717) is 16.3 Å². The number of carbonyl (C=O) groups excluding carboxylic acids is 1. The number of nitrogens with one attached hydrogen (secondary N) is 1. The zero-order valence-corrected chi connectivity index (χ0v) is 12.6. The number of hydrogen-bond acceptors (Lipinski definition) is 3. The predicted octanol–water partition coefficient (Wildman–Crippen LogP) is 4.46. The monoisotopic (exact) mass is 327 g/mol. The normalized spacial score (nSPS) is 11.8. The lowest BCUT2D eigenvalue weighted by Crippen LogP contribution is -2.22. The number of rotatable bonds is 4. The first kappa shape index (κ1) is 15.6. The Hall–Kier alpha value is -1.78. The summed E-state index contributed by atoms with van der Waals surface area (Å²) in [7, 11) is 1.26. The zero-order valence-electron chi connectivity index (χ0n) is 11.1. The van der Waals surface area contributed by atoms with Crippen LogP contribution in [0, 0.1) is 5.82 Å². The Balaban J connectivity index is 2.39. The van der Waals surface area contributed by atoms with Crippen LogP contribution in [0.15, 0.2) is 42.5 Å². The van der Waals surface area contributed by atoms with Crippen LogP contribution in [-0.4, -0.2) is 13.1 Å². The molecule has 1 unspecified atom stereocenters. The van der Waals surface area contributed by atoms with E-state index in [1.165, 1.54) is 25.3 Å². The third kappa shape index (κ3) is 3.65. The lowest BCUT2D eigenvalue weighted by atomic mass is 10.1. The fraction of sp³-hybridized carbons (Fsp3) is 0.133. The number of carbonyl (C=O) groups is 1. The van der Waals surface area contributed by atoms with E-state index < -0.39 is 17.8 Å². The van der Waals surface area contributed by atoms with Crippen molar-refractivity contribution in [1.29, 1.82) is 0 Å². The first-order chi connectivity index (χ1) is 10.0. The minimum atomic E-state index is -0.886. The van der Waals surface area contributed by atoms with E-state index in [4.69, 9.17) is 27.9 Å². The first-order valence-electron chi connectivity index (χ1n) is 6.06. The number of benzene rings is 2. The van der Waals surface area contributed by atoms with Gasteiger partial charge >= 0.3 is 5.97 Å². The summed E-state index contributed by atoms with van der Waals surface area (Å²) in [6, 6.07) is 9.81. The van der Waals surface area contributed by atoms with Gasteiger partial charge in [-0.05, 0) is 24.3 Å². The van der Waals surface area contributed by atoms with Crippen LogP contribution in [0.2, 0.25) is 10.0 Å². The van der Waals surface area contributed by atoms with Gasteiger partial charge in [-0.1, -0.05) is 41.4 Å². The van der Waals surface area contributed by atoms with Crippen molar-refractivity contribution in [3.8, 4) is 0 Å². The number of esters is 1. The van der Waals surface area contributed by atoms with Gasteiger partial charge in [0.05, 0.1) is 17.2 Å². The van der Waals surface area contributed by atoms with Crippen molar-refractivity contribution in [2.75, 3.05) is 12.4 Å². The Kier molecular flexibility index (Phi) is 5.04. The molecule has 6 heteroatoms. The molecule has 110 valence electrons. The van der Waals surface area contributed by atoms with E-state index in [0.717, 1.165) is 0 Å². The minimum absolute atomic E-state index is 0.249. The highest BCUT2D eigenvalue weighted by Gasteiger charge is 2.24. The fourth-order valence-electron chi connectivity index (χ4n) is 1.87. The van der Waals surface area contributed by atoms with E-state index in [1.807, 2.05) is 0 Å². The van der Waals surface area contributed by atoms with Gasteiger partial charge in [-0.15, -0.1) is 0 Å². The number of halogens is 3. The van der Waals surface area contributed by atoms with E-state index in [-0.39, 0.29) is 5.02 Å². The Morgan fingerprint density at radius 3 is 2.62 bits per heavy atom. The van der Waals surface area contributed by atoms with Gasteiger partial charge in [-0.3, -0.25) is 0 Å². The standard InChI is InChI=1S/C15H12Cl2FNO2/c1-21-15(20)14(11-6-3-7-12(16)13(11)17)19-10-5-2-4-9(18)8-10/h2-8,14,19H,1H3. The first-order valence-corrected chi connectivity index (χ1v) is 6.82. The molecule has 2 aromatic rings. The van der Waals surface area contributed by atoms with Crippen LogP contribution in [0.1, 0.15) is 11.6 Å². The summed E-state index contributed by atoms with van der Waals surface area (Å²) >= 11 is 12.1. The smallest absolute Gasteiger partial charge is 0.333 e. The molecule has 0 saturated heterocycles. The maximum Gasteiger partial charge on any atom is 0.333 e. The van der Waals surface area contributed by atoms with Gasteiger partial charge in [0, 0.05) is 11.3 Å². The SMILES string of the molecule is COC(=O)C(Nc1cccc(F)c1)c1cccc(Cl)c1Cl. The number of ether oxygens (including phenoxy) is 1. The van der Waals surface area contributed by atoms with Crippen molar-refractivity contribution < 1.29 is 13.9 Å². The van der Waals surface area contributed by atoms with Crippen molar-refractivity contribution in [1.82, 2.24) is 0 Å². The van der Waals surface area contributed by atoms with Crippen molar-refractivity contribution in [3.05, 3.63) is 63.9 Å². The van der Waals surface area contributed by atoms with E-state index in [1.54, 1.807) is 24.3 Å². The average molecular weight is 328 g/mol. The molecule has 3 nitrogen and oxygen atoms in total. The lowest BCUT2D eigenvalue weighted by molar-refractivity contribution is -0.141. The number of anilines is 1. The molecule has 0 spiro atoms. The fourth-order valence-corrected chi connectivity index (χ4v) is 2.29. The largest absolute Gasteiger partial charge is 0.467 e. The molecule has 0 bridgehead atoms. The Labute approximate surface area is 131 Å². The van der Waals surface area contributed by atoms with Gasteiger partial charge in [0.25, 0.3) is 0 Å². The van der Waals surface area contributed by atoms with Crippen LogP contribution >= 0.6 is 23.2 Å². The Morgan fingerprint density at radius 2 is 1.95 bits per heavy atom. The zero-order chi connectivity index (χ0) is 15.4. The summed E-state index contributed by atoms with van der Waals surface area (Å²) < 4.78 is 18.0. The second-order valence-electron chi connectivity index (χ2n) is 4.25. The van der Waals surface area contributed by atoms with Gasteiger partial charge in [-0.2, -0.15) is 0 Å². The maximum absolute atomic E-state index is 13.2. The third-order valence-electron chi connectivity index (χ3n) is 2.86. The molecule has 2 rings (SSSR count). The van der Waals surface area contributed by atoms with E-state index >= 15 is 0 Å². The van der Waals surface area contributed by atoms with Crippen LogP contribution < -0.4 is 5.32 Å². The molecule has 0 heterocycles. The molecule has 2 aromatic carbocycles. The molecule has 0 aromatic heterocycles. The second-order valence-corrected chi connectivity index (χ2v) is 5.04. The average Bonchev–Trinajstić information content (AvgIpc) is 2.47.